The van der Waals surface area contributed by atoms with Crippen molar-refractivity contribution in [3.8, 4) is 5.88 Å². The summed E-state index contributed by atoms with van der Waals surface area (Å²) >= 11 is 2.97. The predicted molar refractivity (Wildman–Crippen MR) is 69.9 cm³/mol. The van der Waals surface area contributed by atoms with Crippen LogP contribution in [0.3, 0.4) is 0 Å². The highest BCUT2D eigenvalue weighted by molar-refractivity contribution is 7.99. The molecule has 2 bridgehead atoms. The molecule has 6 heteroatoms. The van der Waals surface area contributed by atoms with Gasteiger partial charge in [0.1, 0.15) is 6.10 Å². The van der Waals surface area contributed by atoms with Gasteiger partial charge in [0, 0.05) is 6.54 Å². The number of hydrogen-bond acceptors (Lipinski definition) is 6. The SMILES string of the molecule is CCSc1nsnc1OC1CN2CCC1CC2. The van der Waals surface area contributed by atoms with Gasteiger partial charge in [0.2, 0.25) is 0 Å². The highest BCUT2D eigenvalue weighted by atomic mass is 32.2. The third kappa shape index (κ3) is 2.44. The lowest BCUT2D eigenvalue weighted by molar-refractivity contribution is -0.0110. The normalized spacial score (nSPS) is 31.7. The van der Waals surface area contributed by atoms with E-state index in [4.69, 9.17) is 4.74 Å². The van der Waals surface area contributed by atoms with Crippen LogP contribution in [0.2, 0.25) is 0 Å². The Balaban J connectivity index is 1.68. The Labute approximate surface area is 110 Å². The van der Waals surface area contributed by atoms with Gasteiger partial charge in [-0.2, -0.15) is 4.37 Å². The quantitative estimate of drug-likeness (QED) is 0.784. The minimum absolute atomic E-state index is 0.331. The highest BCUT2D eigenvalue weighted by Crippen LogP contribution is 2.33. The van der Waals surface area contributed by atoms with E-state index >= 15 is 0 Å². The van der Waals surface area contributed by atoms with Crippen molar-refractivity contribution in [3.63, 3.8) is 0 Å². The van der Waals surface area contributed by atoms with Crippen LogP contribution in [-0.2, 0) is 0 Å². The zero-order valence-electron chi connectivity index (χ0n) is 9.96. The molecule has 3 aliphatic rings. The van der Waals surface area contributed by atoms with Gasteiger partial charge in [-0.25, -0.2) is 0 Å². The van der Waals surface area contributed by atoms with Crippen LogP contribution < -0.4 is 4.74 Å². The van der Waals surface area contributed by atoms with E-state index in [-0.39, 0.29) is 0 Å². The van der Waals surface area contributed by atoms with E-state index < -0.39 is 0 Å². The van der Waals surface area contributed by atoms with E-state index in [1.807, 2.05) is 0 Å². The molecule has 4 heterocycles. The van der Waals surface area contributed by atoms with Gasteiger partial charge in [-0.05, 0) is 37.6 Å². The van der Waals surface area contributed by atoms with Crippen molar-refractivity contribution in [2.75, 3.05) is 25.4 Å². The number of aromatic nitrogens is 2. The number of nitrogens with zero attached hydrogens (tertiary/aromatic N) is 3. The van der Waals surface area contributed by atoms with Crippen LogP contribution in [0.25, 0.3) is 0 Å². The molecule has 3 fully saturated rings. The molecule has 0 aliphatic carbocycles. The Bertz CT molecular complexity index is 377. The van der Waals surface area contributed by atoms with Crippen LogP contribution in [0, 0.1) is 5.92 Å². The molecule has 3 aliphatic heterocycles. The first-order chi connectivity index (χ1) is 8.36. The lowest BCUT2D eigenvalue weighted by Gasteiger charge is -2.44. The van der Waals surface area contributed by atoms with Crippen molar-refractivity contribution < 1.29 is 4.74 Å². The molecule has 4 nitrogen and oxygen atoms in total. The van der Waals surface area contributed by atoms with Gasteiger partial charge in [-0.1, -0.05) is 6.92 Å². The number of thioether (sulfide) groups is 1. The fourth-order valence-electron chi connectivity index (χ4n) is 2.66. The summed E-state index contributed by atoms with van der Waals surface area (Å²) in [6.45, 7) is 5.69. The fraction of sp³-hybridized carbons (Fsp3) is 0.818. The maximum Gasteiger partial charge on any atom is 0.260 e. The Kier molecular flexibility index (Phi) is 3.54. The van der Waals surface area contributed by atoms with Gasteiger partial charge in [-0.15, -0.1) is 16.1 Å². The van der Waals surface area contributed by atoms with Gasteiger partial charge < -0.3 is 4.74 Å². The van der Waals surface area contributed by atoms with E-state index in [2.05, 4.69) is 20.6 Å². The monoisotopic (exact) mass is 271 g/mol. The molecule has 94 valence electrons. The third-order valence-electron chi connectivity index (χ3n) is 3.57. The minimum atomic E-state index is 0.331. The molecule has 0 amide bonds. The molecule has 3 saturated heterocycles. The molecule has 0 aromatic carbocycles. The molecule has 1 unspecified atom stereocenters. The summed E-state index contributed by atoms with van der Waals surface area (Å²) in [5.74, 6) is 2.50. The molecular formula is C11H17N3OS2. The summed E-state index contributed by atoms with van der Waals surface area (Å²) in [7, 11) is 0. The molecule has 4 rings (SSSR count). The Hall–Kier alpha value is -0.330. The second kappa shape index (κ2) is 5.12. The van der Waals surface area contributed by atoms with Crippen LogP contribution in [0.15, 0.2) is 5.03 Å². The van der Waals surface area contributed by atoms with E-state index in [1.165, 1.54) is 37.7 Å². The molecule has 0 saturated carbocycles. The second-order valence-electron chi connectivity index (χ2n) is 4.60. The topological polar surface area (TPSA) is 38.3 Å². The smallest absolute Gasteiger partial charge is 0.260 e. The van der Waals surface area contributed by atoms with E-state index in [0.717, 1.165) is 29.1 Å². The van der Waals surface area contributed by atoms with Crippen LogP contribution in [0.4, 0.5) is 0 Å². The summed E-state index contributed by atoms with van der Waals surface area (Å²) in [5, 5.41) is 0.967. The van der Waals surface area contributed by atoms with Gasteiger partial charge in [0.25, 0.3) is 5.88 Å². The van der Waals surface area contributed by atoms with Crippen molar-refractivity contribution in [3.05, 3.63) is 0 Å². The second-order valence-corrected chi connectivity index (χ2v) is 6.38. The molecule has 1 atom stereocenters. The maximum atomic E-state index is 6.09. The average Bonchev–Trinajstić information content (AvgIpc) is 2.79. The molecule has 17 heavy (non-hydrogen) atoms. The van der Waals surface area contributed by atoms with E-state index in [0.29, 0.717) is 6.10 Å². The Morgan fingerprint density at radius 1 is 1.41 bits per heavy atom. The van der Waals surface area contributed by atoms with Crippen molar-refractivity contribution in [2.45, 2.75) is 30.9 Å². The number of fused-ring (bicyclic) bond motifs is 3. The van der Waals surface area contributed by atoms with Crippen LogP contribution in [-0.4, -0.2) is 45.1 Å². The number of piperidine rings is 3. The number of hydrogen-bond donors (Lipinski definition) is 0. The maximum absolute atomic E-state index is 6.09. The Morgan fingerprint density at radius 2 is 2.24 bits per heavy atom. The molecule has 0 radical (unpaired) electrons. The summed E-state index contributed by atoms with van der Waals surface area (Å²) in [6, 6.07) is 0. The predicted octanol–water partition coefficient (Wildman–Crippen LogP) is 2.12. The minimum Gasteiger partial charge on any atom is -0.470 e. The molecule has 0 N–H and O–H groups in total. The standard InChI is InChI=1S/C11H17N3OS2/c1-2-16-11-10(12-17-13-11)15-9-7-14-5-3-8(9)4-6-14/h8-9H,2-7H2,1H3. The molecular weight excluding hydrogens is 254 g/mol. The van der Waals surface area contributed by atoms with Gasteiger partial charge in [0.05, 0.1) is 11.7 Å². The van der Waals surface area contributed by atoms with Crippen LogP contribution >= 0.6 is 23.5 Å². The van der Waals surface area contributed by atoms with Gasteiger partial charge in [0.15, 0.2) is 5.03 Å². The molecule has 1 aromatic rings. The van der Waals surface area contributed by atoms with Gasteiger partial charge >= 0.3 is 0 Å². The largest absolute Gasteiger partial charge is 0.470 e. The van der Waals surface area contributed by atoms with E-state index in [9.17, 15) is 0 Å². The molecule has 0 spiro atoms. The summed E-state index contributed by atoms with van der Waals surface area (Å²) in [5.41, 5.74) is 0. The van der Waals surface area contributed by atoms with Gasteiger partial charge in [-0.3, -0.25) is 4.90 Å². The first-order valence-electron chi connectivity index (χ1n) is 6.21. The third-order valence-corrected chi connectivity index (χ3v) is 5.03. The highest BCUT2D eigenvalue weighted by Gasteiger charge is 2.36. The first-order valence-corrected chi connectivity index (χ1v) is 7.92. The number of ether oxygens (including phenoxy) is 1. The molecule has 1 aromatic heterocycles. The lowest BCUT2D eigenvalue weighted by Crippen LogP contribution is -2.52. The van der Waals surface area contributed by atoms with Crippen molar-refractivity contribution >= 4 is 23.5 Å². The van der Waals surface area contributed by atoms with Crippen molar-refractivity contribution in [1.29, 1.82) is 0 Å². The summed E-state index contributed by atoms with van der Waals surface area (Å²) in [4.78, 5) is 2.50. The zero-order chi connectivity index (χ0) is 11.7. The number of rotatable bonds is 4. The van der Waals surface area contributed by atoms with Crippen LogP contribution in [0.1, 0.15) is 19.8 Å². The average molecular weight is 271 g/mol. The Morgan fingerprint density at radius 3 is 2.88 bits per heavy atom. The van der Waals surface area contributed by atoms with Crippen LogP contribution in [0.5, 0.6) is 5.88 Å². The van der Waals surface area contributed by atoms with E-state index in [1.54, 1.807) is 11.8 Å². The van der Waals surface area contributed by atoms with Crippen molar-refractivity contribution in [1.82, 2.24) is 13.6 Å². The van der Waals surface area contributed by atoms with Crippen molar-refractivity contribution in [2.24, 2.45) is 5.92 Å². The lowest BCUT2D eigenvalue weighted by atomic mass is 9.86. The summed E-state index contributed by atoms with van der Waals surface area (Å²) in [6.07, 6.45) is 2.88. The fourth-order valence-corrected chi connectivity index (χ4v) is 3.91. The zero-order valence-corrected chi connectivity index (χ0v) is 11.6. The summed E-state index contributed by atoms with van der Waals surface area (Å²) < 4.78 is 14.7. The first kappa shape index (κ1) is 11.7.